The van der Waals surface area contributed by atoms with Crippen molar-refractivity contribution < 1.29 is 14.9 Å². The molecule has 0 aromatic carbocycles. The Morgan fingerprint density at radius 3 is 2.60 bits per heavy atom. The van der Waals surface area contributed by atoms with E-state index in [1.165, 1.54) is 0 Å². The van der Waals surface area contributed by atoms with Crippen molar-refractivity contribution in [3.8, 4) is 0 Å². The van der Waals surface area contributed by atoms with Crippen LogP contribution in [0.4, 0.5) is 0 Å². The quantitative estimate of drug-likeness (QED) is 0.488. The van der Waals surface area contributed by atoms with Crippen molar-refractivity contribution in [1.82, 2.24) is 0 Å². The van der Waals surface area contributed by atoms with Gasteiger partial charge >= 0.3 is 0 Å². The monoisotopic (exact) mass is 144 g/mol. The van der Waals surface area contributed by atoms with Crippen LogP contribution in [-0.4, -0.2) is 34.6 Å². The summed E-state index contributed by atoms with van der Waals surface area (Å²) in [7, 11) is 0. The Bertz CT molecular complexity index is 159. The van der Waals surface area contributed by atoms with Gasteiger partial charge in [0.25, 0.3) is 0 Å². The van der Waals surface area contributed by atoms with E-state index in [2.05, 4.69) is 0 Å². The lowest BCUT2D eigenvalue weighted by Crippen LogP contribution is -2.20. The number of epoxide rings is 1. The van der Waals surface area contributed by atoms with E-state index in [9.17, 15) is 5.11 Å². The molecule has 0 bridgehead atoms. The summed E-state index contributed by atoms with van der Waals surface area (Å²) in [6, 6.07) is 0. The predicted octanol–water partition coefficient (Wildman–Crippen LogP) is -0.483. The van der Waals surface area contributed by atoms with Gasteiger partial charge < -0.3 is 14.9 Å². The average molecular weight is 144 g/mol. The first kappa shape index (κ1) is 6.58. The molecule has 1 aliphatic heterocycles. The van der Waals surface area contributed by atoms with E-state index < -0.39 is 0 Å². The zero-order chi connectivity index (χ0) is 7.35. The highest BCUT2D eigenvalue weighted by Gasteiger charge is 2.65. The van der Waals surface area contributed by atoms with Crippen LogP contribution in [0.15, 0.2) is 0 Å². The van der Waals surface area contributed by atoms with Crippen LogP contribution in [0.3, 0.4) is 0 Å². The molecule has 10 heavy (non-hydrogen) atoms. The Morgan fingerprint density at radius 2 is 2.40 bits per heavy atom. The average Bonchev–Trinajstić information content (AvgIpc) is 2.52. The molecule has 3 nitrogen and oxygen atoms in total. The lowest BCUT2D eigenvalue weighted by atomic mass is 9.98. The van der Waals surface area contributed by atoms with Crippen molar-refractivity contribution in [2.75, 3.05) is 6.61 Å². The summed E-state index contributed by atoms with van der Waals surface area (Å²) in [4.78, 5) is 0. The number of rotatable bonds is 1. The molecule has 3 heteroatoms. The molecule has 1 saturated carbocycles. The number of hydrogen-bond acceptors (Lipinski definition) is 3. The van der Waals surface area contributed by atoms with Crippen LogP contribution in [0, 0.1) is 5.92 Å². The first-order valence-electron chi connectivity index (χ1n) is 3.65. The SMILES string of the molecule is C[C@@]12O[C@@H]1[C@H](O)C[C@@H]2CO. The second-order valence-corrected chi connectivity index (χ2v) is 3.40. The molecular weight excluding hydrogens is 132 g/mol. The van der Waals surface area contributed by atoms with Gasteiger partial charge in [-0.25, -0.2) is 0 Å². The summed E-state index contributed by atoms with van der Waals surface area (Å²) in [5.74, 6) is 0.146. The van der Waals surface area contributed by atoms with Crippen molar-refractivity contribution in [3.05, 3.63) is 0 Å². The molecule has 58 valence electrons. The summed E-state index contributed by atoms with van der Waals surface area (Å²) in [5.41, 5.74) is -0.200. The fraction of sp³-hybridized carbons (Fsp3) is 1.00. The minimum atomic E-state index is -0.345. The van der Waals surface area contributed by atoms with E-state index >= 15 is 0 Å². The lowest BCUT2D eigenvalue weighted by molar-refractivity contribution is 0.0634. The van der Waals surface area contributed by atoms with Crippen LogP contribution >= 0.6 is 0 Å². The zero-order valence-corrected chi connectivity index (χ0v) is 5.95. The van der Waals surface area contributed by atoms with Crippen LogP contribution in [0.5, 0.6) is 0 Å². The molecule has 2 rings (SSSR count). The van der Waals surface area contributed by atoms with Crippen LogP contribution < -0.4 is 0 Å². The Balaban J connectivity index is 2.12. The molecule has 2 fully saturated rings. The van der Waals surface area contributed by atoms with Crippen molar-refractivity contribution in [2.24, 2.45) is 5.92 Å². The highest BCUT2D eigenvalue weighted by molar-refractivity contribution is 5.13. The topological polar surface area (TPSA) is 53.0 Å². The highest BCUT2D eigenvalue weighted by atomic mass is 16.6. The van der Waals surface area contributed by atoms with Gasteiger partial charge in [0.2, 0.25) is 0 Å². The maximum Gasteiger partial charge on any atom is 0.113 e. The largest absolute Gasteiger partial charge is 0.396 e. The Kier molecular flexibility index (Phi) is 1.14. The standard InChI is InChI=1S/C7H12O3/c1-7-4(3-8)2-5(9)6(7)10-7/h4-6,8-9H,2-3H2,1H3/t4-,5-,6-,7+/m1/s1. The third-order valence-electron chi connectivity index (χ3n) is 2.80. The highest BCUT2D eigenvalue weighted by Crippen LogP contribution is 2.53. The number of aliphatic hydroxyl groups is 2. The maximum absolute atomic E-state index is 9.27. The molecule has 0 unspecified atom stereocenters. The fourth-order valence-electron chi connectivity index (χ4n) is 1.93. The molecule has 0 aromatic heterocycles. The smallest absolute Gasteiger partial charge is 0.113 e. The van der Waals surface area contributed by atoms with E-state index in [1.807, 2.05) is 6.92 Å². The molecule has 0 amide bonds. The van der Waals surface area contributed by atoms with Gasteiger partial charge in [0.05, 0.1) is 11.7 Å². The van der Waals surface area contributed by atoms with Gasteiger partial charge in [-0.05, 0) is 13.3 Å². The van der Waals surface area contributed by atoms with Gasteiger partial charge in [0.1, 0.15) is 6.10 Å². The molecule has 1 aliphatic carbocycles. The summed E-state index contributed by atoms with van der Waals surface area (Å²) in [6.45, 7) is 2.08. The van der Waals surface area contributed by atoms with Crippen molar-refractivity contribution >= 4 is 0 Å². The molecule has 2 aliphatic rings. The second kappa shape index (κ2) is 1.72. The number of hydrogen-bond donors (Lipinski definition) is 2. The number of fused-ring (bicyclic) bond motifs is 1. The molecule has 0 aromatic rings. The molecule has 1 heterocycles. The van der Waals surface area contributed by atoms with E-state index in [4.69, 9.17) is 9.84 Å². The summed E-state index contributed by atoms with van der Waals surface area (Å²) >= 11 is 0. The first-order chi connectivity index (χ1) is 4.68. The van der Waals surface area contributed by atoms with Gasteiger partial charge in [-0.2, -0.15) is 0 Å². The maximum atomic E-state index is 9.27. The molecule has 4 atom stereocenters. The minimum Gasteiger partial charge on any atom is -0.396 e. The molecule has 1 saturated heterocycles. The van der Waals surface area contributed by atoms with Gasteiger partial charge in [-0.3, -0.25) is 0 Å². The van der Waals surface area contributed by atoms with E-state index in [0.717, 1.165) is 0 Å². The lowest BCUT2D eigenvalue weighted by Gasteiger charge is -2.13. The van der Waals surface area contributed by atoms with Gasteiger partial charge in [0, 0.05) is 12.5 Å². The molecular formula is C7H12O3. The molecule has 0 radical (unpaired) electrons. The van der Waals surface area contributed by atoms with Crippen molar-refractivity contribution in [2.45, 2.75) is 31.2 Å². The summed E-state index contributed by atoms with van der Waals surface area (Å²) < 4.78 is 5.25. The Labute approximate surface area is 59.6 Å². The Morgan fingerprint density at radius 1 is 1.70 bits per heavy atom. The van der Waals surface area contributed by atoms with E-state index in [0.29, 0.717) is 6.42 Å². The van der Waals surface area contributed by atoms with Gasteiger partial charge in [-0.1, -0.05) is 0 Å². The molecule has 0 spiro atoms. The minimum absolute atomic E-state index is 0.00431. The summed E-state index contributed by atoms with van der Waals surface area (Å²) in [5, 5.41) is 18.1. The Hall–Kier alpha value is -0.120. The van der Waals surface area contributed by atoms with Crippen LogP contribution in [0.2, 0.25) is 0 Å². The van der Waals surface area contributed by atoms with E-state index in [-0.39, 0.29) is 30.3 Å². The van der Waals surface area contributed by atoms with Gasteiger partial charge in [0.15, 0.2) is 0 Å². The normalized spacial score (nSPS) is 58.5. The van der Waals surface area contributed by atoms with Crippen molar-refractivity contribution in [1.29, 1.82) is 0 Å². The van der Waals surface area contributed by atoms with Crippen LogP contribution in [0.1, 0.15) is 13.3 Å². The predicted molar refractivity (Wildman–Crippen MR) is 34.5 cm³/mol. The van der Waals surface area contributed by atoms with Gasteiger partial charge in [-0.15, -0.1) is 0 Å². The third kappa shape index (κ3) is 0.603. The number of ether oxygens (including phenoxy) is 1. The summed E-state index contributed by atoms with van der Waals surface area (Å²) in [6.07, 6.45) is 0.351. The third-order valence-corrected chi connectivity index (χ3v) is 2.80. The second-order valence-electron chi connectivity index (χ2n) is 3.40. The number of aliphatic hydroxyl groups excluding tert-OH is 2. The molecule has 2 N–H and O–H groups in total. The first-order valence-corrected chi connectivity index (χ1v) is 3.65. The van der Waals surface area contributed by atoms with Crippen LogP contribution in [-0.2, 0) is 4.74 Å². The van der Waals surface area contributed by atoms with Crippen molar-refractivity contribution in [3.63, 3.8) is 0 Å². The fourth-order valence-corrected chi connectivity index (χ4v) is 1.93. The van der Waals surface area contributed by atoms with E-state index in [1.54, 1.807) is 0 Å². The van der Waals surface area contributed by atoms with Crippen LogP contribution in [0.25, 0.3) is 0 Å². The zero-order valence-electron chi connectivity index (χ0n) is 5.95.